The highest BCUT2D eigenvalue weighted by Crippen LogP contribution is 2.35. The average Bonchev–Trinajstić information content (AvgIpc) is 3.15. The van der Waals surface area contributed by atoms with E-state index in [1.54, 1.807) is 18.5 Å². The van der Waals surface area contributed by atoms with E-state index < -0.39 is 0 Å². The molecule has 2 aromatic carbocycles. The van der Waals surface area contributed by atoms with Gasteiger partial charge < -0.3 is 9.88 Å². The maximum absolute atomic E-state index is 14.0. The summed E-state index contributed by atoms with van der Waals surface area (Å²) in [5.74, 6) is -0.624. The molecule has 1 N–H and O–H groups in total. The first kappa shape index (κ1) is 19.8. The number of aromatic nitrogens is 2. The molecule has 30 heavy (non-hydrogen) atoms. The van der Waals surface area contributed by atoms with Gasteiger partial charge in [0.25, 0.3) is 0 Å². The molecule has 0 radical (unpaired) electrons. The molecule has 0 fully saturated rings. The Kier molecular flexibility index (Phi) is 5.89. The molecule has 4 rings (SSSR count). The Morgan fingerprint density at radius 3 is 2.77 bits per heavy atom. The number of carbonyl (C=O) groups is 1. The van der Waals surface area contributed by atoms with E-state index in [0.29, 0.717) is 6.54 Å². The smallest absolute Gasteiger partial charge is 0.221 e. The molecule has 2 heterocycles. The van der Waals surface area contributed by atoms with E-state index >= 15 is 0 Å². The fourth-order valence-corrected chi connectivity index (χ4v) is 3.91. The van der Waals surface area contributed by atoms with E-state index in [9.17, 15) is 9.18 Å². The number of nitrogens with zero attached hydrogens (tertiary/aromatic N) is 2. The molecule has 5 heteroatoms. The second-order valence-electron chi connectivity index (χ2n) is 7.34. The van der Waals surface area contributed by atoms with Gasteiger partial charge in [0.1, 0.15) is 5.82 Å². The maximum atomic E-state index is 14.0. The first-order chi connectivity index (χ1) is 14.7. The van der Waals surface area contributed by atoms with Crippen molar-refractivity contribution in [2.75, 3.05) is 0 Å². The summed E-state index contributed by atoms with van der Waals surface area (Å²) in [5, 5.41) is 4.06. The van der Waals surface area contributed by atoms with Crippen molar-refractivity contribution in [2.24, 2.45) is 0 Å². The summed E-state index contributed by atoms with van der Waals surface area (Å²) in [5.41, 5.74) is 3.89. The van der Waals surface area contributed by atoms with Crippen LogP contribution in [-0.2, 0) is 17.9 Å². The maximum Gasteiger partial charge on any atom is 0.221 e. The fourth-order valence-electron chi connectivity index (χ4n) is 3.91. The lowest BCUT2D eigenvalue weighted by molar-refractivity contribution is -0.121. The van der Waals surface area contributed by atoms with Crippen molar-refractivity contribution < 1.29 is 9.18 Å². The Labute approximate surface area is 175 Å². The van der Waals surface area contributed by atoms with Crippen LogP contribution in [0.3, 0.4) is 0 Å². The van der Waals surface area contributed by atoms with Crippen LogP contribution in [0, 0.1) is 5.82 Å². The van der Waals surface area contributed by atoms with Crippen molar-refractivity contribution in [3.8, 4) is 0 Å². The van der Waals surface area contributed by atoms with Crippen LogP contribution in [0.1, 0.15) is 36.0 Å². The molecular weight excluding hydrogens is 377 g/mol. The Hall–Kier alpha value is -3.47. The molecule has 0 saturated carbocycles. The normalized spacial score (nSPS) is 12.1. The molecule has 0 bridgehead atoms. The van der Waals surface area contributed by atoms with E-state index in [1.165, 1.54) is 12.1 Å². The average molecular weight is 401 g/mol. The Balaban J connectivity index is 1.67. The van der Waals surface area contributed by atoms with Gasteiger partial charge >= 0.3 is 0 Å². The van der Waals surface area contributed by atoms with Crippen molar-refractivity contribution >= 4 is 16.8 Å². The summed E-state index contributed by atoms with van der Waals surface area (Å²) in [6, 6.07) is 18.5. The van der Waals surface area contributed by atoms with Crippen molar-refractivity contribution in [1.82, 2.24) is 14.9 Å². The number of para-hydroxylation sites is 1. The van der Waals surface area contributed by atoms with Crippen LogP contribution in [0.25, 0.3) is 10.9 Å². The lowest BCUT2D eigenvalue weighted by Crippen LogP contribution is -2.25. The highest BCUT2D eigenvalue weighted by Gasteiger charge is 2.23. The summed E-state index contributed by atoms with van der Waals surface area (Å²) in [6.45, 7) is 3.33. The molecule has 1 amide bonds. The van der Waals surface area contributed by atoms with Crippen LogP contribution in [0.2, 0.25) is 0 Å². The van der Waals surface area contributed by atoms with E-state index in [2.05, 4.69) is 40.1 Å². The van der Waals surface area contributed by atoms with Gasteiger partial charge in [0.15, 0.2) is 0 Å². The molecular formula is C25H24FN3O. The highest BCUT2D eigenvalue weighted by molar-refractivity contribution is 5.86. The Morgan fingerprint density at radius 1 is 1.13 bits per heavy atom. The SMILES string of the molecule is CCn1cc(C(CC(=O)NCc2cccnc2)c2cccc(F)c2)c2ccccc21. The summed E-state index contributed by atoms with van der Waals surface area (Å²) < 4.78 is 16.2. The number of benzene rings is 2. The van der Waals surface area contributed by atoms with Crippen molar-refractivity contribution in [3.63, 3.8) is 0 Å². The van der Waals surface area contributed by atoms with E-state index in [1.807, 2.05) is 30.3 Å². The lowest BCUT2D eigenvalue weighted by atomic mass is 9.88. The van der Waals surface area contributed by atoms with Crippen LogP contribution in [0.4, 0.5) is 4.39 Å². The van der Waals surface area contributed by atoms with E-state index in [-0.39, 0.29) is 24.1 Å². The van der Waals surface area contributed by atoms with Gasteiger partial charge in [-0.05, 0) is 47.9 Å². The van der Waals surface area contributed by atoms with Crippen LogP contribution in [0.5, 0.6) is 0 Å². The molecule has 0 spiro atoms. The number of halogens is 1. The molecule has 0 aliphatic heterocycles. The number of carbonyl (C=O) groups excluding carboxylic acids is 1. The number of hydrogen-bond acceptors (Lipinski definition) is 2. The molecule has 2 aromatic heterocycles. The number of amides is 1. The number of rotatable bonds is 7. The zero-order valence-corrected chi connectivity index (χ0v) is 16.9. The minimum absolute atomic E-state index is 0.0820. The third-order valence-electron chi connectivity index (χ3n) is 5.39. The first-order valence-electron chi connectivity index (χ1n) is 10.1. The lowest BCUT2D eigenvalue weighted by Gasteiger charge is -2.17. The van der Waals surface area contributed by atoms with Crippen molar-refractivity contribution in [1.29, 1.82) is 0 Å². The molecule has 0 aliphatic carbocycles. The molecule has 4 nitrogen and oxygen atoms in total. The zero-order chi connectivity index (χ0) is 20.9. The van der Waals surface area contributed by atoms with E-state index in [4.69, 9.17) is 0 Å². The second kappa shape index (κ2) is 8.91. The second-order valence-corrected chi connectivity index (χ2v) is 7.34. The summed E-state index contributed by atoms with van der Waals surface area (Å²) in [6.07, 6.45) is 5.77. The minimum atomic E-state index is -0.299. The topological polar surface area (TPSA) is 46.9 Å². The zero-order valence-electron chi connectivity index (χ0n) is 16.9. The van der Waals surface area contributed by atoms with Gasteiger partial charge in [-0.25, -0.2) is 4.39 Å². The monoisotopic (exact) mass is 401 g/mol. The quantitative estimate of drug-likeness (QED) is 0.472. The number of pyridine rings is 1. The number of hydrogen-bond donors (Lipinski definition) is 1. The Morgan fingerprint density at radius 2 is 2.00 bits per heavy atom. The van der Waals surface area contributed by atoms with Gasteiger partial charge in [-0.2, -0.15) is 0 Å². The summed E-state index contributed by atoms with van der Waals surface area (Å²) in [4.78, 5) is 16.9. The molecule has 1 atom stereocenters. The molecule has 4 aromatic rings. The van der Waals surface area contributed by atoms with Gasteiger partial charge in [-0.1, -0.05) is 36.4 Å². The predicted molar refractivity (Wildman–Crippen MR) is 117 cm³/mol. The predicted octanol–water partition coefficient (Wildman–Crippen LogP) is 5.03. The van der Waals surface area contributed by atoms with E-state index in [0.717, 1.165) is 34.1 Å². The largest absolute Gasteiger partial charge is 0.352 e. The van der Waals surface area contributed by atoms with Gasteiger partial charge in [0.05, 0.1) is 0 Å². The van der Waals surface area contributed by atoms with Gasteiger partial charge in [-0.3, -0.25) is 9.78 Å². The van der Waals surface area contributed by atoms with Crippen LogP contribution >= 0.6 is 0 Å². The van der Waals surface area contributed by atoms with Gasteiger partial charge in [0, 0.05) is 54.9 Å². The fraction of sp³-hybridized carbons (Fsp3) is 0.200. The molecule has 152 valence electrons. The van der Waals surface area contributed by atoms with Crippen LogP contribution in [-0.4, -0.2) is 15.5 Å². The van der Waals surface area contributed by atoms with Gasteiger partial charge in [-0.15, -0.1) is 0 Å². The summed E-state index contributed by atoms with van der Waals surface area (Å²) in [7, 11) is 0. The number of fused-ring (bicyclic) bond motifs is 1. The molecule has 1 unspecified atom stereocenters. The number of nitrogens with one attached hydrogen (secondary N) is 1. The van der Waals surface area contributed by atoms with Crippen molar-refractivity contribution in [2.45, 2.75) is 32.4 Å². The summed E-state index contributed by atoms with van der Waals surface area (Å²) >= 11 is 0. The Bertz CT molecular complexity index is 1150. The molecule has 0 saturated heterocycles. The third-order valence-corrected chi connectivity index (χ3v) is 5.39. The molecule has 0 aliphatic rings. The minimum Gasteiger partial charge on any atom is -0.352 e. The third kappa shape index (κ3) is 4.25. The van der Waals surface area contributed by atoms with Gasteiger partial charge in [0.2, 0.25) is 5.91 Å². The standard InChI is InChI=1S/C25H24FN3O/c1-2-29-17-23(21-10-3-4-11-24(21)29)22(19-8-5-9-20(26)13-19)14-25(30)28-16-18-7-6-12-27-15-18/h3-13,15,17,22H,2,14,16H2,1H3,(H,28,30). The van der Waals surface area contributed by atoms with Crippen LogP contribution in [0.15, 0.2) is 79.3 Å². The highest BCUT2D eigenvalue weighted by atomic mass is 19.1. The number of aryl methyl sites for hydroxylation is 1. The first-order valence-corrected chi connectivity index (χ1v) is 10.1. The van der Waals surface area contributed by atoms with Crippen LogP contribution < -0.4 is 5.32 Å². The van der Waals surface area contributed by atoms with Crippen molar-refractivity contribution in [3.05, 3.63) is 102 Å².